The molecule has 1 N–H and O–H groups in total. The maximum Gasteiger partial charge on any atom is 0.105 e. The van der Waals surface area contributed by atoms with Gasteiger partial charge in [0.1, 0.15) is 5.76 Å². The van der Waals surface area contributed by atoms with Gasteiger partial charge >= 0.3 is 0 Å². The van der Waals surface area contributed by atoms with Crippen LogP contribution in [0.25, 0.3) is 0 Å². The van der Waals surface area contributed by atoms with Crippen molar-refractivity contribution >= 4 is 0 Å². The number of rotatable bonds is 4. The Morgan fingerprint density at radius 3 is 2.67 bits per heavy atom. The van der Waals surface area contributed by atoms with Crippen LogP contribution in [0.2, 0.25) is 0 Å². The summed E-state index contributed by atoms with van der Waals surface area (Å²) in [6.07, 6.45) is 2.79. The van der Waals surface area contributed by atoms with Gasteiger partial charge in [0.05, 0.1) is 6.26 Å². The van der Waals surface area contributed by atoms with Crippen molar-refractivity contribution in [3.8, 4) is 0 Å². The van der Waals surface area contributed by atoms with Crippen molar-refractivity contribution < 1.29 is 4.42 Å². The molecule has 0 radical (unpaired) electrons. The van der Waals surface area contributed by atoms with Crippen LogP contribution in [0, 0.1) is 0 Å². The zero-order valence-corrected chi connectivity index (χ0v) is 11.1. The molecule has 100 valence electrons. The molecule has 0 amide bonds. The highest BCUT2D eigenvalue weighted by molar-refractivity contribution is 5.00. The molecule has 4 heteroatoms. The van der Waals surface area contributed by atoms with Crippen molar-refractivity contribution in [3.63, 3.8) is 0 Å². The van der Waals surface area contributed by atoms with Crippen molar-refractivity contribution in [2.24, 2.45) is 0 Å². The fourth-order valence-corrected chi connectivity index (χ4v) is 2.92. The van der Waals surface area contributed by atoms with E-state index in [4.69, 9.17) is 4.42 Å². The maximum absolute atomic E-state index is 5.44. The summed E-state index contributed by atoms with van der Waals surface area (Å²) in [5.74, 6) is 1.10. The molecule has 0 aliphatic carbocycles. The smallest absolute Gasteiger partial charge is 0.105 e. The van der Waals surface area contributed by atoms with Gasteiger partial charge in [-0.1, -0.05) is 0 Å². The van der Waals surface area contributed by atoms with Crippen LogP contribution in [0.15, 0.2) is 22.8 Å². The van der Waals surface area contributed by atoms with Crippen LogP contribution < -0.4 is 5.32 Å². The molecule has 4 nitrogen and oxygen atoms in total. The van der Waals surface area contributed by atoms with Gasteiger partial charge in [-0.2, -0.15) is 0 Å². The summed E-state index contributed by atoms with van der Waals surface area (Å²) in [5, 5.41) is 3.35. The van der Waals surface area contributed by atoms with Crippen LogP contribution in [-0.2, 0) is 6.42 Å². The van der Waals surface area contributed by atoms with Crippen molar-refractivity contribution in [3.05, 3.63) is 24.2 Å². The molecule has 2 fully saturated rings. The molecule has 1 aromatic rings. The molecule has 0 aromatic carbocycles. The van der Waals surface area contributed by atoms with Crippen LogP contribution >= 0.6 is 0 Å². The van der Waals surface area contributed by atoms with Gasteiger partial charge in [0, 0.05) is 57.8 Å². The van der Waals surface area contributed by atoms with E-state index < -0.39 is 0 Å². The predicted molar refractivity (Wildman–Crippen MR) is 71.7 cm³/mol. The van der Waals surface area contributed by atoms with E-state index in [9.17, 15) is 0 Å². The van der Waals surface area contributed by atoms with Crippen LogP contribution in [0.1, 0.15) is 12.7 Å². The molecular weight excluding hydrogens is 226 g/mol. The predicted octanol–water partition coefficient (Wildman–Crippen LogP) is 0.800. The van der Waals surface area contributed by atoms with Gasteiger partial charge in [-0.25, -0.2) is 0 Å². The van der Waals surface area contributed by atoms with Crippen LogP contribution in [0.4, 0.5) is 0 Å². The summed E-state index contributed by atoms with van der Waals surface area (Å²) >= 11 is 0. The second kappa shape index (κ2) is 5.43. The highest BCUT2D eigenvalue weighted by Crippen LogP contribution is 2.14. The molecule has 2 aliphatic heterocycles. The zero-order chi connectivity index (χ0) is 12.4. The van der Waals surface area contributed by atoms with Gasteiger partial charge < -0.3 is 9.73 Å². The molecular formula is C14H23N3O. The Kier molecular flexibility index (Phi) is 3.68. The average molecular weight is 249 g/mol. The molecule has 0 bridgehead atoms. The standard InChI is InChI=1S/C14H23N3O/c1-12(9-14-3-2-8-18-14)16-4-6-17(7-5-16)13-10-15-11-13/h2-3,8,12-13,15H,4-7,9-11H2,1H3. The summed E-state index contributed by atoms with van der Waals surface area (Å²) in [5.41, 5.74) is 0. The minimum absolute atomic E-state index is 0.581. The van der Waals surface area contributed by atoms with E-state index in [1.807, 2.05) is 6.07 Å². The Morgan fingerprint density at radius 2 is 2.11 bits per heavy atom. The van der Waals surface area contributed by atoms with Gasteiger partial charge in [-0.15, -0.1) is 0 Å². The second-order valence-corrected chi connectivity index (χ2v) is 5.52. The van der Waals surface area contributed by atoms with Crippen LogP contribution in [0.5, 0.6) is 0 Å². The molecule has 2 saturated heterocycles. The van der Waals surface area contributed by atoms with Crippen LogP contribution in [0.3, 0.4) is 0 Å². The maximum atomic E-state index is 5.44. The Morgan fingerprint density at radius 1 is 1.33 bits per heavy atom. The third-order valence-electron chi connectivity index (χ3n) is 4.33. The Bertz CT molecular complexity index is 353. The Hall–Kier alpha value is -0.840. The molecule has 18 heavy (non-hydrogen) atoms. The lowest BCUT2D eigenvalue weighted by Crippen LogP contribution is -2.62. The third-order valence-corrected chi connectivity index (χ3v) is 4.33. The molecule has 3 heterocycles. The molecule has 2 aliphatic rings. The molecule has 0 saturated carbocycles. The molecule has 1 atom stereocenters. The SMILES string of the molecule is CC(Cc1ccco1)N1CCN(C2CNC2)CC1. The lowest BCUT2D eigenvalue weighted by molar-refractivity contribution is 0.0544. The number of piperazine rings is 1. The van der Waals surface area contributed by atoms with Gasteiger partial charge in [0.2, 0.25) is 0 Å². The zero-order valence-electron chi connectivity index (χ0n) is 11.1. The van der Waals surface area contributed by atoms with Crippen molar-refractivity contribution in [1.29, 1.82) is 0 Å². The number of furan rings is 1. The monoisotopic (exact) mass is 249 g/mol. The topological polar surface area (TPSA) is 31.7 Å². The lowest BCUT2D eigenvalue weighted by atomic mass is 10.1. The number of hydrogen-bond donors (Lipinski definition) is 1. The van der Waals surface area contributed by atoms with Gasteiger partial charge in [-0.3, -0.25) is 9.80 Å². The van der Waals surface area contributed by atoms with E-state index in [0.717, 1.165) is 18.2 Å². The van der Waals surface area contributed by atoms with Crippen LogP contribution in [-0.4, -0.2) is 61.2 Å². The molecule has 1 unspecified atom stereocenters. The first-order chi connectivity index (χ1) is 8.83. The quantitative estimate of drug-likeness (QED) is 0.855. The van der Waals surface area contributed by atoms with Crippen molar-refractivity contribution in [1.82, 2.24) is 15.1 Å². The largest absolute Gasteiger partial charge is 0.469 e. The normalized spacial score (nSPS) is 24.9. The highest BCUT2D eigenvalue weighted by atomic mass is 16.3. The van der Waals surface area contributed by atoms with E-state index in [2.05, 4.69) is 28.1 Å². The van der Waals surface area contributed by atoms with E-state index in [1.165, 1.54) is 39.3 Å². The average Bonchev–Trinajstić information content (AvgIpc) is 2.80. The highest BCUT2D eigenvalue weighted by Gasteiger charge is 2.29. The summed E-state index contributed by atoms with van der Waals surface area (Å²) in [7, 11) is 0. The minimum atomic E-state index is 0.581. The van der Waals surface area contributed by atoms with E-state index in [1.54, 1.807) is 6.26 Å². The summed E-state index contributed by atoms with van der Waals surface area (Å²) in [4.78, 5) is 5.22. The number of nitrogens with zero attached hydrogens (tertiary/aromatic N) is 2. The van der Waals surface area contributed by atoms with Crippen molar-refractivity contribution in [2.45, 2.75) is 25.4 Å². The summed E-state index contributed by atoms with van der Waals surface area (Å²) < 4.78 is 5.44. The van der Waals surface area contributed by atoms with Gasteiger partial charge in [-0.05, 0) is 19.1 Å². The fraction of sp³-hybridized carbons (Fsp3) is 0.714. The number of hydrogen-bond acceptors (Lipinski definition) is 4. The lowest BCUT2D eigenvalue weighted by Gasteiger charge is -2.44. The fourth-order valence-electron chi connectivity index (χ4n) is 2.92. The van der Waals surface area contributed by atoms with E-state index in [0.29, 0.717) is 6.04 Å². The Labute approximate surface area is 109 Å². The first kappa shape index (κ1) is 12.2. The first-order valence-electron chi connectivity index (χ1n) is 7.04. The molecule has 0 spiro atoms. The molecule has 1 aromatic heterocycles. The minimum Gasteiger partial charge on any atom is -0.469 e. The van der Waals surface area contributed by atoms with Crippen molar-refractivity contribution in [2.75, 3.05) is 39.3 Å². The third kappa shape index (κ3) is 2.60. The molecule has 3 rings (SSSR count). The summed E-state index contributed by atoms with van der Waals surface area (Å²) in [6.45, 7) is 9.49. The first-order valence-corrected chi connectivity index (χ1v) is 7.04. The number of nitrogens with one attached hydrogen (secondary N) is 1. The van der Waals surface area contributed by atoms with E-state index >= 15 is 0 Å². The van der Waals surface area contributed by atoms with Gasteiger partial charge in [0.15, 0.2) is 0 Å². The second-order valence-electron chi connectivity index (χ2n) is 5.52. The summed E-state index contributed by atoms with van der Waals surface area (Å²) in [6, 6.07) is 5.43. The van der Waals surface area contributed by atoms with Gasteiger partial charge in [0.25, 0.3) is 0 Å². The Balaban J connectivity index is 1.46. The van der Waals surface area contributed by atoms with E-state index in [-0.39, 0.29) is 0 Å².